The fourth-order valence-corrected chi connectivity index (χ4v) is 1.67. The van der Waals surface area contributed by atoms with E-state index in [0.717, 1.165) is 0 Å². The fraction of sp³-hybridized carbons (Fsp3) is 0.714. The molecule has 4 heteroatoms. The van der Waals surface area contributed by atoms with E-state index in [1.807, 2.05) is 6.26 Å². The van der Waals surface area contributed by atoms with Gasteiger partial charge in [-0.05, 0) is 12.3 Å². The zero-order chi connectivity index (χ0) is 8.27. The SMILES string of the molecule is CS[C@@H]1C=COC(CO)[C@@H]1O. The van der Waals surface area contributed by atoms with Crippen molar-refractivity contribution < 1.29 is 14.9 Å². The zero-order valence-corrected chi connectivity index (χ0v) is 7.12. The van der Waals surface area contributed by atoms with Gasteiger partial charge in [0.25, 0.3) is 0 Å². The molecular formula is C7H12O3S. The Morgan fingerprint density at radius 1 is 1.64 bits per heavy atom. The maximum atomic E-state index is 9.47. The van der Waals surface area contributed by atoms with Gasteiger partial charge in [0.1, 0.15) is 12.2 Å². The van der Waals surface area contributed by atoms with Gasteiger partial charge in [-0.25, -0.2) is 0 Å². The maximum Gasteiger partial charge on any atom is 0.148 e. The van der Waals surface area contributed by atoms with Gasteiger partial charge in [0.15, 0.2) is 0 Å². The van der Waals surface area contributed by atoms with Crippen LogP contribution in [-0.4, -0.2) is 40.5 Å². The molecule has 64 valence electrons. The molecule has 0 amide bonds. The van der Waals surface area contributed by atoms with Crippen molar-refractivity contribution in [1.82, 2.24) is 0 Å². The first kappa shape index (κ1) is 8.90. The lowest BCUT2D eigenvalue weighted by molar-refractivity contribution is -0.0284. The van der Waals surface area contributed by atoms with Crippen LogP contribution in [0.25, 0.3) is 0 Å². The summed E-state index contributed by atoms with van der Waals surface area (Å²) in [5.41, 5.74) is 0. The van der Waals surface area contributed by atoms with Gasteiger partial charge in [0.2, 0.25) is 0 Å². The molecule has 0 aromatic rings. The Kier molecular flexibility index (Phi) is 3.23. The zero-order valence-electron chi connectivity index (χ0n) is 6.30. The van der Waals surface area contributed by atoms with E-state index in [0.29, 0.717) is 0 Å². The average molecular weight is 176 g/mol. The molecular weight excluding hydrogens is 164 g/mol. The molecule has 0 saturated carbocycles. The molecule has 2 N–H and O–H groups in total. The Balaban J connectivity index is 2.57. The lowest BCUT2D eigenvalue weighted by Crippen LogP contribution is -2.40. The van der Waals surface area contributed by atoms with Gasteiger partial charge in [0.05, 0.1) is 18.1 Å². The minimum absolute atomic E-state index is 0.0425. The van der Waals surface area contributed by atoms with Crippen LogP contribution in [0.5, 0.6) is 0 Å². The molecule has 0 saturated heterocycles. The molecule has 11 heavy (non-hydrogen) atoms. The lowest BCUT2D eigenvalue weighted by atomic mass is 10.1. The number of aliphatic hydroxyl groups is 2. The minimum Gasteiger partial charge on any atom is -0.493 e. The van der Waals surface area contributed by atoms with Crippen molar-refractivity contribution in [3.8, 4) is 0 Å². The van der Waals surface area contributed by atoms with Crippen molar-refractivity contribution in [3.05, 3.63) is 12.3 Å². The number of hydrogen-bond donors (Lipinski definition) is 2. The second kappa shape index (κ2) is 3.99. The van der Waals surface area contributed by atoms with Crippen molar-refractivity contribution in [3.63, 3.8) is 0 Å². The molecule has 0 radical (unpaired) electrons. The normalized spacial score (nSPS) is 36.8. The number of rotatable bonds is 2. The summed E-state index contributed by atoms with van der Waals surface area (Å²) in [6, 6.07) is 0. The molecule has 0 aromatic carbocycles. The first-order chi connectivity index (χ1) is 5.29. The molecule has 0 fully saturated rings. The molecule has 1 aliphatic heterocycles. The van der Waals surface area contributed by atoms with Gasteiger partial charge in [0, 0.05) is 0 Å². The van der Waals surface area contributed by atoms with E-state index in [4.69, 9.17) is 9.84 Å². The first-order valence-electron chi connectivity index (χ1n) is 3.43. The Morgan fingerprint density at radius 2 is 2.36 bits per heavy atom. The molecule has 1 aliphatic rings. The summed E-state index contributed by atoms with van der Waals surface area (Å²) < 4.78 is 4.98. The van der Waals surface area contributed by atoms with Crippen LogP contribution in [0.15, 0.2) is 12.3 Å². The van der Waals surface area contributed by atoms with E-state index in [1.54, 1.807) is 17.8 Å². The van der Waals surface area contributed by atoms with Crippen LogP contribution in [0.4, 0.5) is 0 Å². The van der Waals surface area contributed by atoms with E-state index < -0.39 is 12.2 Å². The van der Waals surface area contributed by atoms with E-state index in [2.05, 4.69) is 0 Å². The summed E-state index contributed by atoms with van der Waals surface area (Å²) in [6.07, 6.45) is 4.19. The van der Waals surface area contributed by atoms with Crippen molar-refractivity contribution in [2.45, 2.75) is 17.5 Å². The van der Waals surface area contributed by atoms with Crippen molar-refractivity contribution >= 4 is 11.8 Å². The minimum atomic E-state index is -0.597. The molecule has 3 atom stereocenters. The molecule has 1 unspecified atom stereocenters. The molecule has 0 aliphatic carbocycles. The van der Waals surface area contributed by atoms with Crippen LogP contribution < -0.4 is 0 Å². The Morgan fingerprint density at radius 3 is 2.91 bits per heavy atom. The third-order valence-electron chi connectivity index (χ3n) is 1.69. The predicted octanol–water partition coefficient (Wildman–Crippen LogP) is -0.0163. The average Bonchev–Trinajstić information content (AvgIpc) is 2.05. The molecule has 3 nitrogen and oxygen atoms in total. The Bertz CT molecular complexity index is 149. The second-order valence-electron chi connectivity index (χ2n) is 2.38. The van der Waals surface area contributed by atoms with Gasteiger partial charge >= 0.3 is 0 Å². The van der Waals surface area contributed by atoms with Crippen LogP contribution in [0.2, 0.25) is 0 Å². The van der Waals surface area contributed by atoms with Gasteiger partial charge in [-0.2, -0.15) is 11.8 Å². The predicted molar refractivity (Wildman–Crippen MR) is 44.4 cm³/mol. The quantitative estimate of drug-likeness (QED) is 0.621. The molecule has 0 bridgehead atoms. The van der Waals surface area contributed by atoms with Crippen LogP contribution in [0, 0.1) is 0 Å². The van der Waals surface area contributed by atoms with Gasteiger partial charge in [-0.3, -0.25) is 0 Å². The maximum absolute atomic E-state index is 9.47. The van der Waals surface area contributed by atoms with Crippen LogP contribution in [0.3, 0.4) is 0 Å². The summed E-state index contributed by atoms with van der Waals surface area (Å²) in [5.74, 6) is 0. The van der Waals surface area contributed by atoms with E-state index >= 15 is 0 Å². The van der Waals surface area contributed by atoms with Crippen molar-refractivity contribution in [2.24, 2.45) is 0 Å². The van der Waals surface area contributed by atoms with E-state index in [1.165, 1.54) is 6.26 Å². The highest BCUT2D eigenvalue weighted by atomic mass is 32.2. The summed E-state index contributed by atoms with van der Waals surface area (Å²) in [6.45, 7) is -0.136. The Labute approximate surface area is 70.1 Å². The molecule has 1 rings (SSSR count). The van der Waals surface area contributed by atoms with Crippen molar-refractivity contribution in [2.75, 3.05) is 12.9 Å². The standard InChI is InChI=1S/C7H12O3S/c1-11-6-2-3-10-5(4-8)7(6)9/h2-3,5-9H,4H2,1H3/t5?,6-,7+/m1/s1. The number of hydrogen-bond acceptors (Lipinski definition) is 4. The summed E-state index contributed by atoms with van der Waals surface area (Å²) in [7, 11) is 0. The van der Waals surface area contributed by atoms with Crippen LogP contribution in [0.1, 0.15) is 0 Å². The smallest absolute Gasteiger partial charge is 0.148 e. The molecule has 0 aromatic heterocycles. The van der Waals surface area contributed by atoms with Crippen molar-refractivity contribution in [1.29, 1.82) is 0 Å². The largest absolute Gasteiger partial charge is 0.493 e. The fourth-order valence-electron chi connectivity index (χ4n) is 0.999. The summed E-state index contributed by atoms with van der Waals surface area (Å²) in [5, 5.41) is 18.3. The Hall–Kier alpha value is -0.190. The van der Waals surface area contributed by atoms with Gasteiger partial charge in [-0.1, -0.05) is 0 Å². The van der Waals surface area contributed by atoms with Gasteiger partial charge in [-0.15, -0.1) is 0 Å². The third kappa shape index (κ3) is 1.89. The lowest BCUT2D eigenvalue weighted by Gasteiger charge is -2.28. The molecule has 0 spiro atoms. The van der Waals surface area contributed by atoms with E-state index in [9.17, 15) is 5.11 Å². The third-order valence-corrected chi connectivity index (χ3v) is 2.67. The monoisotopic (exact) mass is 176 g/mol. The molecule has 1 heterocycles. The van der Waals surface area contributed by atoms with Gasteiger partial charge < -0.3 is 14.9 Å². The second-order valence-corrected chi connectivity index (χ2v) is 3.39. The highest BCUT2D eigenvalue weighted by Gasteiger charge is 2.28. The number of ether oxygens (including phenoxy) is 1. The summed E-state index contributed by atoms with van der Waals surface area (Å²) in [4.78, 5) is 0. The van der Waals surface area contributed by atoms with Crippen LogP contribution in [-0.2, 0) is 4.74 Å². The number of thioether (sulfide) groups is 1. The first-order valence-corrected chi connectivity index (χ1v) is 4.72. The highest BCUT2D eigenvalue weighted by molar-refractivity contribution is 7.99. The van der Waals surface area contributed by atoms with E-state index in [-0.39, 0.29) is 11.9 Å². The summed E-state index contributed by atoms with van der Waals surface area (Å²) >= 11 is 1.55. The number of aliphatic hydroxyl groups excluding tert-OH is 2. The van der Waals surface area contributed by atoms with Crippen LogP contribution >= 0.6 is 11.8 Å². The topological polar surface area (TPSA) is 49.7 Å². The highest BCUT2D eigenvalue weighted by Crippen LogP contribution is 2.21.